The van der Waals surface area contributed by atoms with Gasteiger partial charge in [0.15, 0.2) is 0 Å². The van der Waals surface area contributed by atoms with Gasteiger partial charge in [-0.25, -0.2) is 0 Å². The van der Waals surface area contributed by atoms with Crippen LogP contribution in [0.5, 0.6) is 0 Å². The first kappa shape index (κ1) is 15.8. The number of nitrogens with one attached hydrogen (secondary N) is 1. The van der Waals surface area contributed by atoms with Gasteiger partial charge in [-0.2, -0.15) is 11.8 Å². The molecule has 0 saturated heterocycles. The number of nitrogens with two attached hydrogens (primary N) is 1. The van der Waals surface area contributed by atoms with Gasteiger partial charge in [-0.1, -0.05) is 19.8 Å². The van der Waals surface area contributed by atoms with Gasteiger partial charge in [0, 0.05) is 19.0 Å². The van der Waals surface area contributed by atoms with E-state index in [2.05, 4.69) is 18.5 Å². The molecule has 0 bridgehead atoms. The molecule has 0 heterocycles. The zero-order valence-electron chi connectivity index (χ0n) is 10.6. The molecule has 4 heteroatoms. The topological polar surface area (TPSA) is 55.1 Å². The van der Waals surface area contributed by atoms with Crippen LogP contribution in [-0.4, -0.2) is 30.5 Å². The van der Waals surface area contributed by atoms with E-state index >= 15 is 0 Å². The summed E-state index contributed by atoms with van der Waals surface area (Å²) in [5.74, 6) is 1.32. The molecule has 0 aliphatic heterocycles. The van der Waals surface area contributed by atoms with Crippen LogP contribution >= 0.6 is 11.8 Å². The highest BCUT2D eigenvalue weighted by atomic mass is 32.2. The van der Waals surface area contributed by atoms with Gasteiger partial charge < -0.3 is 11.1 Å². The molecule has 0 aromatic heterocycles. The van der Waals surface area contributed by atoms with E-state index in [0.29, 0.717) is 6.42 Å². The van der Waals surface area contributed by atoms with E-state index in [4.69, 9.17) is 5.73 Å². The predicted molar refractivity (Wildman–Crippen MR) is 72.7 cm³/mol. The van der Waals surface area contributed by atoms with Crippen LogP contribution in [0.1, 0.15) is 45.4 Å². The van der Waals surface area contributed by atoms with Crippen LogP contribution in [0.2, 0.25) is 0 Å². The first-order valence-electron chi connectivity index (χ1n) is 6.22. The number of thioether (sulfide) groups is 1. The van der Waals surface area contributed by atoms with Crippen molar-refractivity contribution in [2.75, 3.05) is 18.6 Å². The minimum atomic E-state index is 0.0292. The van der Waals surface area contributed by atoms with Gasteiger partial charge in [0.05, 0.1) is 0 Å². The number of hydrogen-bond acceptors (Lipinski definition) is 3. The molecule has 16 heavy (non-hydrogen) atoms. The highest BCUT2D eigenvalue weighted by Gasteiger charge is 2.07. The monoisotopic (exact) mass is 246 g/mol. The standard InChI is InChI=1S/C12H26N2OS/c1-3-7-11(13)10-12(15)14-8-5-4-6-9-16-2/h11H,3-10,13H2,1-2H3,(H,14,15). The second kappa shape index (κ2) is 11.3. The summed E-state index contributed by atoms with van der Waals surface area (Å²) in [6.07, 6.45) is 8.09. The van der Waals surface area contributed by atoms with Crippen molar-refractivity contribution in [3.05, 3.63) is 0 Å². The Kier molecular flexibility index (Phi) is 11.1. The summed E-state index contributed by atoms with van der Waals surface area (Å²) >= 11 is 1.88. The number of unbranched alkanes of at least 4 members (excludes halogenated alkanes) is 2. The van der Waals surface area contributed by atoms with Crippen molar-refractivity contribution in [2.24, 2.45) is 5.73 Å². The summed E-state index contributed by atoms with van der Waals surface area (Å²) in [7, 11) is 0. The van der Waals surface area contributed by atoms with Crippen molar-refractivity contribution < 1.29 is 4.79 Å². The Labute approximate surface area is 104 Å². The molecule has 0 saturated carbocycles. The highest BCUT2D eigenvalue weighted by Crippen LogP contribution is 2.02. The van der Waals surface area contributed by atoms with Gasteiger partial charge in [0.1, 0.15) is 0 Å². The van der Waals surface area contributed by atoms with Crippen LogP contribution in [0.25, 0.3) is 0 Å². The Balaban J connectivity index is 3.30. The average molecular weight is 246 g/mol. The summed E-state index contributed by atoms with van der Waals surface area (Å²) in [5.41, 5.74) is 5.79. The Morgan fingerprint density at radius 2 is 2.12 bits per heavy atom. The van der Waals surface area contributed by atoms with Gasteiger partial charge in [-0.15, -0.1) is 0 Å². The zero-order chi connectivity index (χ0) is 12.2. The number of amides is 1. The molecule has 0 rings (SSSR count). The van der Waals surface area contributed by atoms with E-state index in [1.54, 1.807) is 0 Å². The number of carbonyl (C=O) groups excluding carboxylic acids is 1. The number of rotatable bonds is 10. The van der Waals surface area contributed by atoms with Crippen molar-refractivity contribution in [3.63, 3.8) is 0 Å². The van der Waals surface area contributed by atoms with E-state index in [1.807, 2.05) is 11.8 Å². The van der Waals surface area contributed by atoms with Gasteiger partial charge in [-0.3, -0.25) is 4.79 Å². The van der Waals surface area contributed by atoms with E-state index in [-0.39, 0.29) is 11.9 Å². The average Bonchev–Trinajstić information content (AvgIpc) is 2.23. The predicted octanol–water partition coefficient (Wildman–Crippen LogP) is 2.15. The fraction of sp³-hybridized carbons (Fsp3) is 0.917. The van der Waals surface area contributed by atoms with Gasteiger partial charge >= 0.3 is 0 Å². The summed E-state index contributed by atoms with van der Waals surface area (Å²) < 4.78 is 0. The lowest BCUT2D eigenvalue weighted by Crippen LogP contribution is -2.32. The molecule has 0 aromatic carbocycles. The Bertz CT molecular complexity index is 176. The van der Waals surface area contributed by atoms with Gasteiger partial charge in [-0.05, 0) is 31.3 Å². The summed E-state index contributed by atoms with van der Waals surface area (Å²) in [6, 6.07) is 0.0292. The molecule has 0 aromatic rings. The first-order valence-corrected chi connectivity index (χ1v) is 7.61. The lowest BCUT2D eigenvalue weighted by molar-refractivity contribution is -0.121. The molecule has 0 spiro atoms. The normalized spacial score (nSPS) is 12.4. The molecule has 0 radical (unpaired) electrons. The lowest BCUT2D eigenvalue weighted by Gasteiger charge is -2.10. The Morgan fingerprint density at radius 1 is 1.38 bits per heavy atom. The number of hydrogen-bond donors (Lipinski definition) is 2. The molecule has 1 unspecified atom stereocenters. The zero-order valence-corrected chi connectivity index (χ0v) is 11.4. The van der Waals surface area contributed by atoms with Crippen molar-refractivity contribution in [3.8, 4) is 0 Å². The smallest absolute Gasteiger partial charge is 0.221 e. The molecule has 0 fully saturated rings. The van der Waals surface area contributed by atoms with Gasteiger partial charge in [0.25, 0.3) is 0 Å². The fourth-order valence-corrected chi connectivity index (χ4v) is 2.05. The minimum absolute atomic E-state index is 0.0292. The third-order valence-corrected chi connectivity index (χ3v) is 3.15. The lowest BCUT2D eigenvalue weighted by atomic mass is 10.1. The maximum atomic E-state index is 11.4. The molecule has 0 aliphatic carbocycles. The van der Waals surface area contributed by atoms with Crippen LogP contribution in [0.4, 0.5) is 0 Å². The molecular formula is C12H26N2OS. The molecule has 1 atom stereocenters. The van der Waals surface area contributed by atoms with E-state index < -0.39 is 0 Å². The van der Waals surface area contributed by atoms with Crippen molar-refractivity contribution in [1.82, 2.24) is 5.32 Å². The van der Waals surface area contributed by atoms with E-state index in [1.165, 1.54) is 18.6 Å². The van der Waals surface area contributed by atoms with Crippen LogP contribution in [0, 0.1) is 0 Å². The molecule has 96 valence electrons. The summed E-state index contributed by atoms with van der Waals surface area (Å²) in [4.78, 5) is 11.4. The van der Waals surface area contributed by atoms with Crippen LogP contribution in [0.15, 0.2) is 0 Å². The van der Waals surface area contributed by atoms with Crippen LogP contribution in [0.3, 0.4) is 0 Å². The third-order valence-electron chi connectivity index (χ3n) is 2.45. The third kappa shape index (κ3) is 10.3. The van der Waals surface area contributed by atoms with Crippen molar-refractivity contribution in [2.45, 2.75) is 51.5 Å². The molecule has 0 aliphatic rings. The second-order valence-electron chi connectivity index (χ2n) is 4.16. The SMILES string of the molecule is CCCC(N)CC(=O)NCCCCCSC. The Hall–Kier alpha value is -0.220. The maximum Gasteiger partial charge on any atom is 0.221 e. The van der Waals surface area contributed by atoms with E-state index in [9.17, 15) is 4.79 Å². The molecule has 3 N–H and O–H groups in total. The minimum Gasteiger partial charge on any atom is -0.356 e. The largest absolute Gasteiger partial charge is 0.356 e. The van der Waals surface area contributed by atoms with Crippen LogP contribution in [-0.2, 0) is 4.79 Å². The quantitative estimate of drug-likeness (QED) is 0.581. The number of carbonyl (C=O) groups is 1. The highest BCUT2D eigenvalue weighted by molar-refractivity contribution is 7.98. The summed E-state index contributed by atoms with van der Waals surface area (Å²) in [5, 5.41) is 2.92. The first-order chi connectivity index (χ1) is 7.70. The molecule has 3 nitrogen and oxygen atoms in total. The van der Waals surface area contributed by atoms with E-state index in [0.717, 1.165) is 25.8 Å². The maximum absolute atomic E-state index is 11.4. The summed E-state index contributed by atoms with van der Waals surface area (Å²) in [6.45, 7) is 2.88. The van der Waals surface area contributed by atoms with Gasteiger partial charge in [0.2, 0.25) is 5.91 Å². The molecule has 1 amide bonds. The molecular weight excluding hydrogens is 220 g/mol. The second-order valence-corrected chi connectivity index (χ2v) is 5.14. The fourth-order valence-electron chi connectivity index (χ4n) is 1.56. The van der Waals surface area contributed by atoms with Crippen molar-refractivity contribution >= 4 is 17.7 Å². The Morgan fingerprint density at radius 3 is 2.75 bits per heavy atom. The van der Waals surface area contributed by atoms with Crippen molar-refractivity contribution in [1.29, 1.82) is 0 Å². The van der Waals surface area contributed by atoms with Crippen LogP contribution < -0.4 is 11.1 Å².